The summed E-state index contributed by atoms with van der Waals surface area (Å²) in [4.78, 5) is 56.1. The SMILES string of the molecule is CC(C)(C)OC(=O)NCCC[C@H](NC(=O)OC(C)(C)C)C(=O)NC(Cc1cc(F)c(F)c(F)c1)C(=O)Nc1cnc2ccccc2c1. The Kier molecular flexibility index (Phi) is 12.1. The predicted octanol–water partition coefficient (Wildman–Crippen LogP) is 5.52. The molecule has 11 nitrogen and oxygen atoms in total. The Morgan fingerprint density at radius 3 is 2.06 bits per heavy atom. The van der Waals surface area contributed by atoms with Crippen molar-refractivity contribution in [3.63, 3.8) is 0 Å². The molecule has 1 unspecified atom stereocenters. The monoisotopic (exact) mass is 659 g/mol. The zero-order chi connectivity index (χ0) is 34.9. The van der Waals surface area contributed by atoms with Crippen LogP contribution in [0.3, 0.4) is 0 Å². The number of hydrogen-bond acceptors (Lipinski definition) is 7. The van der Waals surface area contributed by atoms with Crippen molar-refractivity contribution in [3.8, 4) is 0 Å². The van der Waals surface area contributed by atoms with Crippen molar-refractivity contribution in [1.29, 1.82) is 0 Å². The minimum absolute atomic E-state index is 0.0103. The number of carbonyl (C=O) groups is 4. The van der Waals surface area contributed by atoms with Gasteiger partial charge in [0, 0.05) is 18.4 Å². The summed E-state index contributed by atoms with van der Waals surface area (Å²) in [5.74, 6) is -6.21. The Labute approximate surface area is 271 Å². The molecule has 0 aliphatic rings. The molecule has 2 atom stereocenters. The third-order valence-electron chi connectivity index (χ3n) is 6.32. The number of alkyl carbamates (subject to hydrolysis) is 2. The van der Waals surface area contributed by atoms with Gasteiger partial charge in [-0.2, -0.15) is 0 Å². The van der Waals surface area contributed by atoms with Gasteiger partial charge in [-0.3, -0.25) is 14.6 Å². The molecule has 0 radical (unpaired) electrons. The number of carbonyl (C=O) groups excluding carboxylic acids is 4. The Hall–Kier alpha value is -4.88. The Bertz CT molecular complexity index is 1580. The second-order valence-corrected chi connectivity index (χ2v) is 12.8. The van der Waals surface area contributed by atoms with E-state index in [1.54, 1.807) is 71.9 Å². The van der Waals surface area contributed by atoms with Crippen LogP contribution in [-0.2, 0) is 25.5 Å². The second-order valence-electron chi connectivity index (χ2n) is 12.8. The number of benzene rings is 2. The Morgan fingerprint density at radius 1 is 0.809 bits per heavy atom. The molecule has 0 saturated heterocycles. The number of nitrogens with zero attached hydrogens (tertiary/aromatic N) is 1. The maximum Gasteiger partial charge on any atom is 0.408 e. The summed E-state index contributed by atoms with van der Waals surface area (Å²) in [5.41, 5.74) is -0.779. The zero-order valence-corrected chi connectivity index (χ0v) is 27.1. The maximum atomic E-state index is 14.1. The van der Waals surface area contributed by atoms with Gasteiger partial charge in [0.15, 0.2) is 17.5 Å². The Balaban J connectivity index is 1.83. The molecule has 0 spiro atoms. The van der Waals surface area contributed by atoms with Gasteiger partial charge in [-0.25, -0.2) is 22.8 Å². The molecule has 4 N–H and O–H groups in total. The molecule has 0 fully saturated rings. The molecular weight excluding hydrogens is 619 g/mol. The van der Waals surface area contributed by atoms with Crippen molar-refractivity contribution >= 4 is 40.6 Å². The highest BCUT2D eigenvalue weighted by atomic mass is 19.2. The van der Waals surface area contributed by atoms with Crippen molar-refractivity contribution in [1.82, 2.24) is 20.9 Å². The molecule has 0 aliphatic carbocycles. The number of para-hydroxylation sites is 1. The highest BCUT2D eigenvalue weighted by Gasteiger charge is 2.29. The normalized spacial score (nSPS) is 12.9. The molecule has 0 saturated carbocycles. The van der Waals surface area contributed by atoms with Gasteiger partial charge in [0.1, 0.15) is 23.3 Å². The lowest BCUT2D eigenvalue weighted by molar-refractivity contribution is -0.128. The van der Waals surface area contributed by atoms with E-state index in [1.165, 1.54) is 6.20 Å². The molecule has 0 bridgehead atoms. The third kappa shape index (κ3) is 12.1. The van der Waals surface area contributed by atoms with Crippen molar-refractivity contribution < 1.29 is 41.8 Å². The van der Waals surface area contributed by atoms with Crippen molar-refractivity contribution in [2.24, 2.45) is 0 Å². The van der Waals surface area contributed by atoms with Gasteiger partial charge < -0.3 is 30.7 Å². The smallest absolute Gasteiger partial charge is 0.408 e. The molecule has 14 heteroatoms. The van der Waals surface area contributed by atoms with Gasteiger partial charge in [0.2, 0.25) is 11.8 Å². The van der Waals surface area contributed by atoms with E-state index in [9.17, 15) is 32.3 Å². The van der Waals surface area contributed by atoms with Crippen molar-refractivity contribution in [3.05, 3.63) is 71.7 Å². The summed E-state index contributed by atoms with van der Waals surface area (Å²) in [6.07, 6.45) is -0.432. The predicted molar refractivity (Wildman–Crippen MR) is 169 cm³/mol. The molecular formula is C33H40F3N5O6. The van der Waals surface area contributed by atoms with E-state index in [0.717, 1.165) is 17.5 Å². The van der Waals surface area contributed by atoms with E-state index in [2.05, 4.69) is 26.3 Å². The van der Waals surface area contributed by atoms with Crippen LogP contribution in [0.5, 0.6) is 0 Å². The minimum atomic E-state index is -1.68. The number of fused-ring (bicyclic) bond motifs is 1. The van der Waals surface area contributed by atoms with Crippen LogP contribution in [0.4, 0.5) is 28.4 Å². The van der Waals surface area contributed by atoms with Crippen LogP contribution in [-0.4, -0.2) is 58.8 Å². The Morgan fingerprint density at radius 2 is 1.43 bits per heavy atom. The third-order valence-corrected chi connectivity index (χ3v) is 6.32. The van der Waals surface area contributed by atoms with Gasteiger partial charge in [-0.1, -0.05) is 18.2 Å². The molecule has 254 valence electrons. The lowest BCUT2D eigenvalue weighted by Gasteiger charge is -2.25. The largest absolute Gasteiger partial charge is 0.444 e. The number of ether oxygens (including phenoxy) is 2. The number of pyridine rings is 1. The van der Waals surface area contributed by atoms with Crippen LogP contribution in [0.25, 0.3) is 10.9 Å². The second kappa shape index (κ2) is 15.6. The first-order chi connectivity index (χ1) is 21.9. The molecule has 0 aliphatic heterocycles. The maximum absolute atomic E-state index is 14.1. The van der Waals surface area contributed by atoms with Crippen LogP contribution < -0.4 is 21.3 Å². The van der Waals surface area contributed by atoms with Crippen LogP contribution in [0.15, 0.2) is 48.7 Å². The first kappa shape index (κ1) is 36.6. The quantitative estimate of drug-likeness (QED) is 0.157. The molecule has 3 rings (SSSR count). The number of nitrogens with one attached hydrogen (secondary N) is 4. The van der Waals surface area contributed by atoms with Crippen molar-refractivity contribution in [2.75, 3.05) is 11.9 Å². The summed E-state index contributed by atoms with van der Waals surface area (Å²) < 4.78 is 52.3. The molecule has 1 heterocycles. The van der Waals surface area contributed by atoms with E-state index >= 15 is 0 Å². The van der Waals surface area contributed by atoms with E-state index in [1.807, 2.05) is 0 Å². The number of amides is 4. The van der Waals surface area contributed by atoms with Crippen LogP contribution in [0, 0.1) is 17.5 Å². The van der Waals surface area contributed by atoms with E-state index in [4.69, 9.17) is 9.47 Å². The van der Waals surface area contributed by atoms with Crippen LogP contribution in [0.2, 0.25) is 0 Å². The van der Waals surface area contributed by atoms with Gasteiger partial charge in [0.05, 0.1) is 17.4 Å². The highest BCUT2D eigenvalue weighted by molar-refractivity contribution is 5.99. The van der Waals surface area contributed by atoms with E-state index in [-0.39, 0.29) is 30.6 Å². The fourth-order valence-corrected chi connectivity index (χ4v) is 4.34. The molecule has 2 aromatic carbocycles. The number of hydrogen-bond donors (Lipinski definition) is 4. The summed E-state index contributed by atoms with van der Waals surface area (Å²) in [5, 5.41) is 10.9. The standard InChI is InChI=1S/C33H40F3N5O6/c1-32(2,3)46-30(44)37-13-9-12-25(41-31(45)47-33(4,5)6)28(42)40-26(16-19-14-22(34)27(36)23(35)15-19)29(43)39-21-17-20-10-7-8-11-24(20)38-18-21/h7-8,10-11,14-15,17-18,25-26H,9,12-13,16H2,1-6H3,(H,37,44)(H,39,43)(H,40,42)(H,41,45)/t25-,26?/m0/s1. The highest BCUT2D eigenvalue weighted by Crippen LogP contribution is 2.19. The summed E-state index contributed by atoms with van der Waals surface area (Å²) in [7, 11) is 0. The number of halogens is 3. The number of anilines is 1. The molecule has 3 aromatic rings. The van der Waals surface area contributed by atoms with Crippen LogP contribution in [0.1, 0.15) is 59.9 Å². The van der Waals surface area contributed by atoms with Crippen molar-refractivity contribution in [2.45, 2.75) is 84.1 Å². The number of aromatic nitrogens is 1. The lowest BCUT2D eigenvalue weighted by Crippen LogP contribution is -2.54. The summed E-state index contributed by atoms with van der Waals surface area (Å²) >= 11 is 0. The lowest BCUT2D eigenvalue weighted by atomic mass is 10.0. The van der Waals surface area contributed by atoms with Gasteiger partial charge in [-0.15, -0.1) is 0 Å². The zero-order valence-electron chi connectivity index (χ0n) is 27.1. The first-order valence-corrected chi connectivity index (χ1v) is 15.0. The fraction of sp³-hybridized carbons (Fsp3) is 0.424. The van der Waals surface area contributed by atoms with Gasteiger partial charge in [0.25, 0.3) is 0 Å². The van der Waals surface area contributed by atoms with E-state index in [0.29, 0.717) is 5.52 Å². The number of rotatable bonds is 11. The minimum Gasteiger partial charge on any atom is -0.444 e. The topological polar surface area (TPSA) is 148 Å². The van der Waals surface area contributed by atoms with Gasteiger partial charge in [-0.05, 0) is 84.2 Å². The molecule has 1 aromatic heterocycles. The summed E-state index contributed by atoms with van der Waals surface area (Å²) in [6, 6.07) is 7.55. The summed E-state index contributed by atoms with van der Waals surface area (Å²) in [6.45, 7) is 10.1. The average Bonchev–Trinajstić information content (AvgIpc) is 2.95. The van der Waals surface area contributed by atoms with Gasteiger partial charge >= 0.3 is 12.2 Å². The average molecular weight is 660 g/mol. The first-order valence-electron chi connectivity index (χ1n) is 15.0. The van der Waals surface area contributed by atoms with E-state index < -0.39 is 71.2 Å². The molecule has 47 heavy (non-hydrogen) atoms. The molecule has 4 amide bonds. The van der Waals surface area contributed by atoms with Crippen LogP contribution >= 0.6 is 0 Å². The fourth-order valence-electron chi connectivity index (χ4n) is 4.34.